The highest BCUT2D eigenvalue weighted by atomic mass is 16.1. The summed E-state index contributed by atoms with van der Waals surface area (Å²) < 4.78 is 0. The minimum atomic E-state index is 0.359. The molecule has 0 aromatic rings. The zero-order valence-electron chi connectivity index (χ0n) is 27.9. The molecule has 0 spiro atoms. The number of rotatable bonds is 33. The minimum Gasteiger partial charge on any atom is -0.299 e. The van der Waals surface area contributed by atoms with E-state index in [0.717, 1.165) is 51.4 Å². The summed E-state index contributed by atoms with van der Waals surface area (Å²) in [6.07, 6.45) is 55.7. The number of allylic oxidation sites excluding steroid dienone is 8. The Kier molecular flexibility index (Phi) is 35.4. The predicted molar refractivity (Wildman–Crippen MR) is 186 cm³/mol. The highest BCUT2D eigenvalue weighted by Gasteiger charge is 2.02. The monoisotopic (exact) mass is 568 g/mol. The first-order chi connectivity index (χ1) is 20.3. The number of hydrogen-bond donors (Lipinski definition) is 0. The molecule has 0 aromatic heterocycles. The first-order valence-corrected chi connectivity index (χ1v) is 18.3. The molecule has 237 valence electrons. The molecule has 0 bridgehead atoms. The van der Waals surface area contributed by atoms with Crippen LogP contribution in [-0.2, 0) is 4.79 Å². The van der Waals surface area contributed by atoms with E-state index in [9.17, 15) is 4.79 Å². The number of hydrogen-bond acceptors (Lipinski definition) is 1. The molecular formula is C40H71O. The molecule has 0 saturated heterocycles. The van der Waals surface area contributed by atoms with E-state index >= 15 is 0 Å². The molecule has 0 atom stereocenters. The van der Waals surface area contributed by atoms with Crippen LogP contribution in [0.15, 0.2) is 48.6 Å². The molecule has 0 rings (SSSR count). The Balaban J connectivity index is 3.32. The Morgan fingerprint density at radius 3 is 1.15 bits per heavy atom. The summed E-state index contributed by atoms with van der Waals surface area (Å²) >= 11 is 0. The Hall–Kier alpha value is -1.37. The van der Waals surface area contributed by atoms with Crippen LogP contribution in [0.5, 0.6) is 0 Å². The largest absolute Gasteiger partial charge is 0.299 e. The van der Waals surface area contributed by atoms with Crippen molar-refractivity contribution in [3.63, 3.8) is 0 Å². The van der Waals surface area contributed by atoms with E-state index in [1.54, 1.807) is 0 Å². The smallest absolute Gasteiger partial charge is 0.136 e. The van der Waals surface area contributed by atoms with Gasteiger partial charge in [0.2, 0.25) is 0 Å². The van der Waals surface area contributed by atoms with E-state index in [0.29, 0.717) is 5.78 Å². The van der Waals surface area contributed by atoms with E-state index < -0.39 is 0 Å². The fourth-order valence-corrected chi connectivity index (χ4v) is 5.19. The molecule has 0 unspecified atom stereocenters. The van der Waals surface area contributed by atoms with Crippen molar-refractivity contribution in [2.45, 2.75) is 194 Å². The Morgan fingerprint density at radius 1 is 0.366 bits per heavy atom. The van der Waals surface area contributed by atoms with Crippen LogP contribution < -0.4 is 0 Å². The molecule has 41 heavy (non-hydrogen) atoms. The van der Waals surface area contributed by atoms with Gasteiger partial charge in [-0.1, -0.05) is 178 Å². The van der Waals surface area contributed by atoms with Gasteiger partial charge >= 0.3 is 0 Å². The molecule has 1 nitrogen and oxygen atoms in total. The number of carbonyl (C=O) groups is 1. The van der Waals surface area contributed by atoms with Crippen LogP contribution in [-0.4, -0.2) is 5.78 Å². The van der Waals surface area contributed by atoms with Crippen LogP contribution in [0.25, 0.3) is 0 Å². The molecule has 1 radical (unpaired) electrons. The summed E-state index contributed by atoms with van der Waals surface area (Å²) in [5.74, 6) is 0.359. The van der Waals surface area contributed by atoms with Gasteiger partial charge < -0.3 is 0 Å². The van der Waals surface area contributed by atoms with Crippen LogP contribution in [0.1, 0.15) is 194 Å². The van der Waals surface area contributed by atoms with E-state index in [4.69, 9.17) is 0 Å². The van der Waals surface area contributed by atoms with Gasteiger partial charge in [-0.25, -0.2) is 0 Å². The van der Waals surface area contributed by atoms with Crippen molar-refractivity contribution in [1.29, 1.82) is 0 Å². The molecule has 0 heterocycles. The lowest BCUT2D eigenvalue weighted by molar-refractivity contribution is -0.116. The van der Waals surface area contributed by atoms with Crippen molar-refractivity contribution in [3.05, 3.63) is 55.0 Å². The van der Waals surface area contributed by atoms with Gasteiger partial charge in [-0.3, -0.25) is 4.79 Å². The molecular weight excluding hydrogens is 496 g/mol. The first-order valence-electron chi connectivity index (χ1n) is 18.3. The maximum absolute atomic E-state index is 12.1. The molecule has 0 aliphatic rings. The molecule has 0 aromatic carbocycles. The van der Waals surface area contributed by atoms with Gasteiger partial charge in [0.25, 0.3) is 0 Å². The molecule has 0 amide bonds. The lowest BCUT2D eigenvalue weighted by Gasteiger charge is -2.04. The lowest BCUT2D eigenvalue weighted by atomic mass is 10.0. The van der Waals surface area contributed by atoms with Crippen LogP contribution in [0, 0.1) is 6.42 Å². The highest BCUT2D eigenvalue weighted by Crippen LogP contribution is 2.15. The fraction of sp³-hybridized carbons (Fsp3) is 0.750. The zero-order chi connectivity index (χ0) is 29.7. The minimum absolute atomic E-state index is 0.359. The maximum atomic E-state index is 12.1. The quantitative estimate of drug-likeness (QED) is 0.0569. The summed E-state index contributed by atoms with van der Waals surface area (Å²) in [4.78, 5) is 12.1. The standard InChI is InChI=1S/C40H71O/c1-3-5-7-9-11-13-15-17-19-21-23-25-27-29-31-33-35-37-39-40(41)38-36-34-32-30-28-26-24-22-20-18-16-14-12-10-8-6-4-2/h11,13,17,19,23,25,29,31,39H,3-10,12,14-16,18,20-22,24,26-28,30,32-38H2,1-2H3/b13-11-,19-17-,25-23-,31-29-. The summed E-state index contributed by atoms with van der Waals surface area (Å²) in [7, 11) is 0. The van der Waals surface area contributed by atoms with Crippen molar-refractivity contribution in [3.8, 4) is 0 Å². The van der Waals surface area contributed by atoms with Crippen molar-refractivity contribution in [2.24, 2.45) is 0 Å². The Labute approximate surface area is 258 Å². The third-order valence-corrected chi connectivity index (χ3v) is 7.93. The third-order valence-electron chi connectivity index (χ3n) is 7.93. The molecule has 1 heteroatoms. The number of carbonyl (C=O) groups excluding carboxylic acids is 1. The number of ketones is 1. The van der Waals surface area contributed by atoms with E-state index in [-0.39, 0.29) is 0 Å². The average molecular weight is 568 g/mol. The van der Waals surface area contributed by atoms with Crippen molar-refractivity contribution in [1.82, 2.24) is 0 Å². The second-order valence-electron chi connectivity index (χ2n) is 12.1. The van der Waals surface area contributed by atoms with E-state index in [1.807, 2.05) is 6.42 Å². The van der Waals surface area contributed by atoms with Crippen LogP contribution >= 0.6 is 0 Å². The lowest BCUT2D eigenvalue weighted by Crippen LogP contribution is -1.98. The summed E-state index contributed by atoms with van der Waals surface area (Å²) in [5, 5.41) is 0. The van der Waals surface area contributed by atoms with E-state index in [1.165, 1.54) is 128 Å². The van der Waals surface area contributed by atoms with Gasteiger partial charge in [-0.15, -0.1) is 0 Å². The molecule has 0 N–H and O–H groups in total. The number of unbranched alkanes of at least 4 members (excludes halogenated alkanes) is 21. The van der Waals surface area contributed by atoms with Gasteiger partial charge in [0.05, 0.1) is 0 Å². The normalized spacial score (nSPS) is 12.2. The molecule has 0 aliphatic heterocycles. The first kappa shape index (κ1) is 39.6. The van der Waals surface area contributed by atoms with Crippen LogP contribution in [0.2, 0.25) is 0 Å². The number of Topliss-reactive ketones (excluding diaryl/α,β-unsaturated/α-hetero) is 1. The topological polar surface area (TPSA) is 17.1 Å². The second kappa shape index (κ2) is 36.7. The maximum Gasteiger partial charge on any atom is 0.136 e. The van der Waals surface area contributed by atoms with E-state index in [2.05, 4.69) is 62.5 Å². The molecule has 0 saturated carbocycles. The highest BCUT2D eigenvalue weighted by molar-refractivity contribution is 5.86. The molecule has 0 fully saturated rings. The Morgan fingerprint density at radius 2 is 0.707 bits per heavy atom. The summed E-state index contributed by atoms with van der Waals surface area (Å²) in [5.41, 5.74) is 0. The predicted octanol–water partition coefficient (Wildman–Crippen LogP) is 13.9. The second-order valence-corrected chi connectivity index (χ2v) is 12.1. The zero-order valence-corrected chi connectivity index (χ0v) is 27.9. The van der Waals surface area contributed by atoms with Crippen molar-refractivity contribution >= 4 is 5.78 Å². The van der Waals surface area contributed by atoms with Crippen LogP contribution in [0.3, 0.4) is 0 Å². The van der Waals surface area contributed by atoms with Crippen LogP contribution in [0.4, 0.5) is 0 Å². The third kappa shape index (κ3) is 36.6. The van der Waals surface area contributed by atoms with Gasteiger partial charge in [-0.2, -0.15) is 0 Å². The summed E-state index contributed by atoms with van der Waals surface area (Å²) in [6, 6.07) is 0. The average Bonchev–Trinajstić information content (AvgIpc) is 2.98. The van der Waals surface area contributed by atoms with Crippen molar-refractivity contribution < 1.29 is 4.79 Å². The van der Waals surface area contributed by atoms with Gasteiger partial charge in [0.15, 0.2) is 0 Å². The van der Waals surface area contributed by atoms with Gasteiger partial charge in [-0.05, 0) is 57.8 Å². The van der Waals surface area contributed by atoms with Gasteiger partial charge in [0, 0.05) is 12.8 Å². The fourth-order valence-electron chi connectivity index (χ4n) is 5.19. The Bertz CT molecular complexity index is 623. The summed E-state index contributed by atoms with van der Waals surface area (Å²) in [6.45, 7) is 4.54. The van der Waals surface area contributed by atoms with Crippen molar-refractivity contribution in [2.75, 3.05) is 0 Å². The van der Waals surface area contributed by atoms with Gasteiger partial charge in [0.1, 0.15) is 5.78 Å². The molecule has 0 aliphatic carbocycles. The SMILES string of the molecule is CCCCC/C=C\C/C=C\C/C=C\C/C=C\CCC[CH]C(=O)CCCCCCCCCCCCCCCCCCC.